The van der Waals surface area contributed by atoms with Gasteiger partial charge in [-0.25, -0.2) is 0 Å². The first-order valence-electron chi connectivity index (χ1n) is 2.55. The van der Waals surface area contributed by atoms with E-state index in [1.807, 2.05) is 13.8 Å². The van der Waals surface area contributed by atoms with Gasteiger partial charge in [0.25, 0.3) is 6.57 Å². The van der Waals surface area contributed by atoms with Gasteiger partial charge >= 0.3 is 6.04 Å². The summed E-state index contributed by atoms with van der Waals surface area (Å²) in [5.74, 6) is 0. The third-order valence-corrected chi connectivity index (χ3v) is 1.18. The zero-order valence-corrected chi connectivity index (χ0v) is 5.55. The summed E-state index contributed by atoms with van der Waals surface area (Å²) in [6.45, 7) is 8.80. The number of rotatable bonds is 1. The number of aliphatic imine (C=N–C) groups is 1. The van der Waals surface area contributed by atoms with E-state index in [4.69, 9.17) is 6.57 Å². The van der Waals surface area contributed by atoms with Gasteiger partial charge < -0.3 is 0 Å². The van der Waals surface area contributed by atoms with Crippen LogP contribution < -0.4 is 0 Å². The molecular formula is C6H11N2+. The molecule has 0 aromatic heterocycles. The van der Waals surface area contributed by atoms with Crippen molar-refractivity contribution in [3.8, 4) is 6.57 Å². The topological polar surface area (TPSA) is 16.7 Å². The van der Waals surface area contributed by atoms with Crippen LogP contribution in [0.5, 0.6) is 0 Å². The van der Waals surface area contributed by atoms with Crippen LogP contribution in [-0.2, 0) is 0 Å². The van der Waals surface area contributed by atoms with Crippen LogP contribution in [0.2, 0.25) is 0 Å². The predicted octanol–water partition coefficient (Wildman–Crippen LogP) is 1.43. The van der Waals surface area contributed by atoms with Crippen molar-refractivity contribution in [3.05, 3.63) is 4.85 Å². The molecule has 1 atom stereocenters. The zero-order valence-electron chi connectivity index (χ0n) is 5.55. The summed E-state index contributed by atoms with van der Waals surface area (Å²) in [4.78, 5) is 7.43. The summed E-state index contributed by atoms with van der Waals surface area (Å²) in [7, 11) is 1.73. The Morgan fingerprint density at radius 1 is 1.75 bits per heavy atom. The molecule has 0 unspecified atom stereocenters. The summed E-state index contributed by atoms with van der Waals surface area (Å²) in [6, 6.07) is 0.0694. The maximum atomic E-state index is 4.99. The van der Waals surface area contributed by atoms with Crippen LogP contribution in [0.4, 0.5) is 0 Å². The highest BCUT2D eigenvalue weighted by Gasteiger charge is 2.09. The molecule has 0 N–H and O–H groups in total. The summed E-state index contributed by atoms with van der Waals surface area (Å²) >= 11 is 0. The van der Waals surface area contributed by atoms with Crippen molar-refractivity contribution < 1.29 is 0 Å². The van der Waals surface area contributed by atoms with Gasteiger partial charge in [-0.05, 0) is 6.92 Å². The molecule has 0 saturated heterocycles. The lowest BCUT2D eigenvalue weighted by Crippen LogP contribution is -2.07. The van der Waals surface area contributed by atoms with Crippen molar-refractivity contribution in [2.24, 2.45) is 4.99 Å². The molecular weight excluding hydrogens is 100 g/mol. The maximum Gasteiger partial charge on any atom is 0.306 e. The lowest BCUT2D eigenvalue weighted by Gasteiger charge is -1.87. The monoisotopic (exact) mass is 111 g/mol. The fourth-order valence-electron chi connectivity index (χ4n) is 0.295. The first-order chi connectivity index (χ1) is 3.72. The molecule has 0 amide bonds. The van der Waals surface area contributed by atoms with Gasteiger partial charge in [0.05, 0.1) is 5.71 Å². The Kier molecular flexibility index (Phi) is 2.86. The molecule has 2 heteroatoms. The van der Waals surface area contributed by atoms with Crippen molar-refractivity contribution in [1.29, 1.82) is 0 Å². The van der Waals surface area contributed by atoms with Crippen molar-refractivity contribution >= 4 is 5.71 Å². The first kappa shape index (κ1) is 7.16. The second-order valence-electron chi connectivity index (χ2n) is 1.69. The van der Waals surface area contributed by atoms with Crippen LogP contribution >= 0.6 is 0 Å². The smallest absolute Gasteiger partial charge is 0.289 e. The molecule has 0 rings (SSSR count). The Morgan fingerprint density at radius 2 is 2.25 bits per heavy atom. The maximum absolute atomic E-state index is 4.99. The minimum absolute atomic E-state index is 0.0694. The number of hydrogen-bond acceptors (Lipinski definition) is 1. The van der Waals surface area contributed by atoms with Crippen molar-refractivity contribution in [3.63, 3.8) is 0 Å². The minimum atomic E-state index is 0.0694. The van der Waals surface area contributed by atoms with Crippen LogP contribution in [0, 0.1) is 6.57 Å². The molecule has 0 aliphatic heterocycles. The highest BCUT2D eigenvalue weighted by atomic mass is 14.8. The second-order valence-corrected chi connectivity index (χ2v) is 1.69. The standard InChI is InChI=1S/C6H11N2/c1-5(7-3)6(2)8-4/h3,5H,1-2,4H3/q+1/t5-/m0/s1. The van der Waals surface area contributed by atoms with E-state index in [1.54, 1.807) is 7.05 Å². The Hall–Kier alpha value is -0.840. The van der Waals surface area contributed by atoms with E-state index in [9.17, 15) is 0 Å². The summed E-state index contributed by atoms with van der Waals surface area (Å²) in [5.41, 5.74) is 0.965. The molecule has 0 aromatic carbocycles. The molecule has 0 spiro atoms. The molecule has 2 nitrogen and oxygen atoms in total. The van der Waals surface area contributed by atoms with E-state index >= 15 is 0 Å². The summed E-state index contributed by atoms with van der Waals surface area (Å²) in [5, 5.41) is 0. The van der Waals surface area contributed by atoms with E-state index < -0.39 is 0 Å². The molecule has 0 aliphatic rings. The van der Waals surface area contributed by atoms with Gasteiger partial charge in [0.15, 0.2) is 0 Å². The molecule has 0 saturated carbocycles. The average molecular weight is 111 g/mol. The molecule has 44 valence electrons. The van der Waals surface area contributed by atoms with Gasteiger partial charge in [-0.2, -0.15) is 0 Å². The molecule has 0 fully saturated rings. The number of hydrogen-bond donors (Lipinski definition) is 0. The summed E-state index contributed by atoms with van der Waals surface area (Å²) in [6.07, 6.45) is 0. The molecule has 0 bridgehead atoms. The normalized spacial score (nSPS) is 15.0. The third-order valence-electron chi connectivity index (χ3n) is 1.18. The predicted molar refractivity (Wildman–Crippen MR) is 36.8 cm³/mol. The van der Waals surface area contributed by atoms with E-state index in [1.165, 1.54) is 0 Å². The zero-order chi connectivity index (χ0) is 6.57. The van der Waals surface area contributed by atoms with Crippen LogP contribution in [0.1, 0.15) is 13.8 Å². The largest absolute Gasteiger partial charge is 0.306 e. The second kappa shape index (κ2) is 3.20. The van der Waals surface area contributed by atoms with Gasteiger partial charge in [-0.3, -0.25) is 4.99 Å². The molecule has 8 heavy (non-hydrogen) atoms. The van der Waals surface area contributed by atoms with Crippen molar-refractivity contribution in [2.45, 2.75) is 19.9 Å². The van der Waals surface area contributed by atoms with E-state index in [0.717, 1.165) is 5.71 Å². The Morgan fingerprint density at radius 3 is 2.38 bits per heavy atom. The van der Waals surface area contributed by atoms with Crippen LogP contribution in [0.3, 0.4) is 0 Å². The van der Waals surface area contributed by atoms with Gasteiger partial charge in [0, 0.05) is 14.0 Å². The van der Waals surface area contributed by atoms with Crippen LogP contribution in [-0.4, -0.2) is 18.8 Å². The fourth-order valence-corrected chi connectivity index (χ4v) is 0.295. The first-order valence-corrected chi connectivity index (χ1v) is 2.55. The van der Waals surface area contributed by atoms with Gasteiger partial charge in [-0.15, -0.1) is 0 Å². The van der Waals surface area contributed by atoms with Gasteiger partial charge in [0.2, 0.25) is 0 Å². The molecule has 0 aliphatic carbocycles. The van der Waals surface area contributed by atoms with Crippen LogP contribution in [0.25, 0.3) is 4.85 Å². The quantitative estimate of drug-likeness (QED) is 0.455. The lowest BCUT2D eigenvalue weighted by molar-refractivity contribution is 1.12. The average Bonchev–Trinajstić information content (AvgIpc) is 1.84. The molecule has 0 aromatic rings. The van der Waals surface area contributed by atoms with Crippen LogP contribution in [0.15, 0.2) is 4.99 Å². The third kappa shape index (κ3) is 1.74. The van der Waals surface area contributed by atoms with Gasteiger partial charge in [0.1, 0.15) is 0 Å². The number of nitrogens with zero attached hydrogens (tertiary/aromatic N) is 2. The molecule has 0 heterocycles. The molecule has 0 radical (unpaired) electrons. The Balaban J connectivity index is 3.87. The van der Waals surface area contributed by atoms with Gasteiger partial charge in [-0.1, -0.05) is 4.85 Å². The van der Waals surface area contributed by atoms with E-state index in [-0.39, 0.29) is 6.04 Å². The van der Waals surface area contributed by atoms with E-state index in [0.29, 0.717) is 0 Å². The SMILES string of the molecule is C#[N+][C@@H](C)C(C)=NC. The highest BCUT2D eigenvalue weighted by molar-refractivity contribution is 5.88. The minimum Gasteiger partial charge on any atom is -0.289 e. The van der Waals surface area contributed by atoms with E-state index in [2.05, 4.69) is 9.84 Å². The summed E-state index contributed by atoms with van der Waals surface area (Å²) < 4.78 is 0. The van der Waals surface area contributed by atoms with Crippen molar-refractivity contribution in [2.75, 3.05) is 7.05 Å². The highest BCUT2D eigenvalue weighted by Crippen LogP contribution is 1.90. The lowest BCUT2D eigenvalue weighted by atomic mass is 10.2. The van der Waals surface area contributed by atoms with Crippen molar-refractivity contribution in [1.82, 2.24) is 0 Å². The Labute approximate surface area is 50.1 Å². The Bertz CT molecular complexity index is 130. The fraction of sp³-hybridized carbons (Fsp3) is 0.667.